The normalized spacial score (nSPS) is 21.8. The molecule has 0 amide bonds. The highest BCUT2D eigenvalue weighted by atomic mass is 32.2. The molecule has 2 heterocycles. The van der Waals surface area contributed by atoms with Gasteiger partial charge in [0, 0.05) is 50.1 Å². The van der Waals surface area contributed by atoms with E-state index in [4.69, 9.17) is 0 Å². The summed E-state index contributed by atoms with van der Waals surface area (Å²) >= 11 is 2.08. The maximum absolute atomic E-state index is 3.42. The molecule has 3 heteroatoms. The van der Waals surface area contributed by atoms with Crippen LogP contribution in [0.15, 0.2) is 24.3 Å². The molecule has 98 valence electrons. The summed E-state index contributed by atoms with van der Waals surface area (Å²) in [5.41, 5.74) is 3.20. The van der Waals surface area contributed by atoms with Crippen molar-refractivity contribution in [1.82, 2.24) is 10.2 Å². The average molecular weight is 262 g/mol. The van der Waals surface area contributed by atoms with E-state index in [0.29, 0.717) is 0 Å². The molecule has 0 aliphatic carbocycles. The van der Waals surface area contributed by atoms with Gasteiger partial charge in [-0.25, -0.2) is 0 Å². The lowest BCUT2D eigenvalue weighted by Crippen LogP contribution is -2.44. The topological polar surface area (TPSA) is 15.3 Å². The van der Waals surface area contributed by atoms with Gasteiger partial charge in [-0.15, -0.1) is 0 Å². The second-order valence-electron chi connectivity index (χ2n) is 5.27. The van der Waals surface area contributed by atoms with Crippen molar-refractivity contribution in [2.24, 2.45) is 0 Å². The van der Waals surface area contributed by atoms with Gasteiger partial charge in [-0.3, -0.25) is 0 Å². The molecular weight excluding hydrogens is 240 g/mol. The predicted octanol–water partition coefficient (Wildman–Crippen LogP) is 1.96. The summed E-state index contributed by atoms with van der Waals surface area (Å²) in [4.78, 5) is 2.59. The van der Waals surface area contributed by atoms with E-state index in [-0.39, 0.29) is 0 Å². The average Bonchev–Trinajstić information content (AvgIpc) is 2.37. The maximum Gasteiger partial charge on any atom is 0.0108 e. The van der Waals surface area contributed by atoms with Gasteiger partial charge in [0.05, 0.1) is 0 Å². The van der Waals surface area contributed by atoms with E-state index < -0.39 is 0 Å². The van der Waals surface area contributed by atoms with Crippen LogP contribution in [0.2, 0.25) is 0 Å². The minimum Gasteiger partial charge on any atom is -0.314 e. The molecule has 0 saturated carbocycles. The molecule has 0 aromatic heterocycles. The molecule has 2 aliphatic heterocycles. The maximum atomic E-state index is 3.42. The van der Waals surface area contributed by atoms with Gasteiger partial charge >= 0.3 is 0 Å². The van der Waals surface area contributed by atoms with Gasteiger partial charge in [0.25, 0.3) is 0 Å². The monoisotopic (exact) mass is 262 g/mol. The Bertz CT molecular complexity index is 384. The van der Waals surface area contributed by atoms with Crippen LogP contribution in [0.5, 0.6) is 0 Å². The number of benzene rings is 1. The number of nitrogens with zero attached hydrogens (tertiary/aromatic N) is 1. The molecule has 2 aliphatic rings. The third-order valence-electron chi connectivity index (χ3n) is 4.04. The first-order valence-corrected chi connectivity index (χ1v) is 8.17. The molecule has 0 spiro atoms. The van der Waals surface area contributed by atoms with Gasteiger partial charge in [0.15, 0.2) is 0 Å². The van der Waals surface area contributed by atoms with Gasteiger partial charge in [-0.2, -0.15) is 11.8 Å². The van der Waals surface area contributed by atoms with Crippen LogP contribution < -0.4 is 5.32 Å². The number of nitrogens with one attached hydrogen (secondary N) is 1. The highest BCUT2D eigenvalue weighted by Gasteiger charge is 2.22. The smallest absolute Gasteiger partial charge is 0.0108 e. The fourth-order valence-electron chi connectivity index (χ4n) is 2.79. The molecule has 2 saturated heterocycles. The minimum absolute atomic E-state index is 0.828. The summed E-state index contributed by atoms with van der Waals surface area (Å²) in [6.07, 6.45) is 1.22. The highest BCUT2D eigenvalue weighted by Crippen LogP contribution is 2.35. The molecule has 0 atom stereocenters. The van der Waals surface area contributed by atoms with Crippen LogP contribution in [0.3, 0.4) is 0 Å². The minimum atomic E-state index is 0.828. The van der Waals surface area contributed by atoms with Crippen molar-refractivity contribution in [3.8, 4) is 0 Å². The quantitative estimate of drug-likeness (QED) is 0.893. The first kappa shape index (κ1) is 12.5. The highest BCUT2D eigenvalue weighted by molar-refractivity contribution is 8.00. The third-order valence-corrected chi connectivity index (χ3v) is 5.32. The van der Waals surface area contributed by atoms with Gasteiger partial charge in [-0.05, 0) is 17.5 Å². The summed E-state index contributed by atoms with van der Waals surface area (Å²) in [5.74, 6) is 3.48. The fraction of sp³-hybridized carbons (Fsp3) is 0.600. The van der Waals surface area contributed by atoms with Crippen molar-refractivity contribution >= 4 is 11.8 Å². The van der Waals surface area contributed by atoms with Gasteiger partial charge in [0.1, 0.15) is 0 Å². The lowest BCUT2D eigenvalue weighted by Gasteiger charge is -2.30. The molecule has 18 heavy (non-hydrogen) atoms. The van der Waals surface area contributed by atoms with E-state index in [1.54, 1.807) is 11.1 Å². The Morgan fingerprint density at radius 3 is 2.67 bits per heavy atom. The van der Waals surface area contributed by atoms with Crippen LogP contribution in [-0.4, -0.2) is 49.1 Å². The molecule has 0 radical (unpaired) electrons. The summed E-state index contributed by atoms with van der Waals surface area (Å²) < 4.78 is 0. The Hall–Kier alpha value is -0.510. The molecule has 0 bridgehead atoms. The lowest BCUT2D eigenvalue weighted by molar-refractivity contribution is 0.243. The Morgan fingerprint density at radius 2 is 1.94 bits per heavy atom. The number of thioether (sulfide) groups is 1. The molecule has 1 aromatic carbocycles. The van der Waals surface area contributed by atoms with Crippen LogP contribution in [0, 0.1) is 0 Å². The SMILES string of the molecule is c1ccc(C2CSC2)c(CCN2CCNCC2)c1. The Kier molecular flexibility index (Phi) is 4.24. The van der Waals surface area contributed by atoms with E-state index >= 15 is 0 Å². The molecular formula is C15H22N2S. The lowest BCUT2D eigenvalue weighted by atomic mass is 9.94. The largest absolute Gasteiger partial charge is 0.314 e. The molecule has 1 N–H and O–H groups in total. The number of piperazine rings is 1. The fourth-order valence-corrected chi connectivity index (χ4v) is 3.62. The number of rotatable bonds is 4. The molecule has 2 fully saturated rings. The van der Waals surface area contributed by atoms with Crippen molar-refractivity contribution < 1.29 is 0 Å². The van der Waals surface area contributed by atoms with Crippen molar-refractivity contribution in [2.45, 2.75) is 12.3 Å². The standard InChI is InChI=1S/C15H22N2S/c1-2-4-15(14-11-18-12-14)13(3-1)5-8-17-9-6-16-7-10-17/h1-4,14,16H,5-12H2. The van der Waals surface area contributed by atoms with E-state index in [1.165, 1.54) is 37.6 Å². The second kappa shape index (κ2) is 6.09. The van der Waals surface area contributed by atoms with Gasteiger partial charge in [0.2, 0.25) is 0 Å². The van der Waals surface area contributed by atoms with Crippen molar-refractivity contribution in [1.29, 1.82) is 0 Å². The Morgan fingerprint density at radius 1 is 1.17 bits per heavy atom. The summed E-state index contributed by atoms with van der Waals surface area (Å²) in [7, 11) is 0. The zero-order valence-electron chi connectivity index (χ0n) is 10.9. The van der Waals surface area contributed by atoms with E-state index in [1.807, 2.05) is 0 Å². The van der Waals surface area contributed by atoms with Crippen molar-refractivity contribution in [3.05, 3.63) is 35.4 Å². The Labute approximate surface area is 114 Å². The van der Waals surface area contributed by atoms with Crippen LogP contribution in [-0.2, 0) is 6.42 Å². The van der Waals surface area contributed by atoms with Crippen molar-refractivity contribution in [2.75, 3.05) is 44.2 Å². The summed E-state index contributed by atoms with van der Waals surface area (Å²) in [5, 5.41) is 3.42. The van der Waals surface area contributed by atoms with Crippen molar-refractivity contribution in [3.63, 3.8) is 0 Å². The number of hydrogen-bond donors (Lipinski definition) is 1. The molecule has 3 rings (SSSR count). The van der Waals surface area contributed by atoms with Crippen LogP contribution in [0.4, 0.5) is 0 Å². The van der Waals surface area contributed by atoms with Gasteiger partial charge < -0.3 is 10.2 Å². The summed E-state index contributed by atoms with van der Waals surface area (Å²) in [6, 6.07) is 9.08. The molecule has 0 unspecified atom stereocenters. The first-order valence-electron chi connectivity index (χ1n) is 7.02. The van der Waals surface area contributed by atoms with Crippen LogP contribution in [0.25, 0.3) is 0 Å². The zero-order valence-corrected chi connectivity index (χ0v) is 11.7. The second-order valence-corrected chi connectivity index (χ2v) is 6.35. The Balaban J connectivity index is 1.60. The van der Waals surface area contributed by atoms with E-state index in [2.05, 4.69) is 46.2 Å². The first-order chi connectivity index (χ1) is 8.93. The summed E-state index contributed by atoms with van der Waals surface area (Å²) in [6.45, 7) is 5.95. The third kappa shape index (κ3) is 2.90. The number of hydrogen-bond acceptors (Lipinski definition) is 3. The predicted molar refractivity (Wildman–Crippen MR) is 79.5 cm³/mol. The molecule has 1 aromatic rings. The zero-order chi connectivity index (χ0) is 12.2. The van der Waals surface area contributed by atoms with E-state index in [9.17, 15) is 0 Å². The van der Waals surface area contributed by atoms with Crippen LogP contribution >= 0.6 is 11.8 Å². The van der Waals surface area contributed by atoms with Gasteiger partial charge in [-0.1, -0.05) is 24.3 Å². The molecule has 2 nitrogen and oxygen atoms in total. The van der Waals surface area contributed by atoms with Crippen LogP contribution in [0.1, 0.15) is 17.0 Å². The van der Waals surface area contributed by atoms with E-state index in [0.717, 1.165) is 19.0 Å².